The lowest BCUT2D eigenvalue weighted by molar-refractivity contribution is -0.135. The molecule has 2 N–H and O–H groups in total. The van der Waals surface area contributed by atoms with Crippen LogP contribution in [0.5, 0.6) is 0 Å². The maximum Gasteiger partial charge on any atom is 0.253 e. The number of fused-ring (bicyclic) bond motifs is 1. The number of aromatic amines is 1. The van der Waals surface area contributed by atoms with Crippen LogP contribution in [0.3, 0.4) is 0 Å². The molecule has 0 saturated carbocycles. The molecule has 0 aliphatic carbocycles. The van der Waals surface area contributed by atoms with Crippen molar-refractivity contribution in [2.24, 2.45) is 0 Å². The van der Waals surface area contributed by atoms with E-state index in [1.807, 2.05) is 30.5 Å². The first kappa shape index (κ1) is 13.6. The second kappa shape index (κ2) is 5.57. The normalized spacial score (nSPS) is 15.5. The minimum absolute atomic E-state index is 0.0193. The van der Waals surface area contributed by atoms with Gasteiger partial charge >= 0.3 is 0 Å². The Kier molecular flexibility index (Phi) is 3.62. The van der Waals surface area contributed by atoms with Gasteiger partial charge in [-0.3, -0.25) is 9.59 Å². The van der Waals surface area contributed by atoms with Crippen molar-refractivity contribution in [1.82, 2.24) is 14.8 Å². The molecule has 0 spiro atoms. The number of aliphatic hydroxyl groups is 1. The molecule has 1 aromatic heterocycles. The van der Waals surface area contributed by atoms with Gasteiger partial charge in [0.2, 0.25) is 5.91 Å². The highest BCUT2D eigenvalue weighted by atomic mass is 16.3. The molecule has 0 unspecified atom stereocenters. The largest absolute Gasteiger partial charge is 0.387 e. The summed E-state index contributed by atoms with van der Waals surface area (Å²) in [6, 6.07) is 7.52. The summed E-state index contributed by atoms with van der Waals surface area (Å²) in [6.45, 7) is 1.46. The molecule has 6 heteroatoms. The second-order valence-corrected chi connectivity index (χ2v) is 5.11. The molecule has 1 fully saturated rings. The summed E-state index contributed by atoms with van der Waals surface area (Å²) in [5.41, 5.74) is 1.66. The molecule has 0 radical (unpaired) electrons. The first-order valence-electron chi connectivity index (χ1n) is 6.94. The smallest absolute Gasteiger partial charge is 0.253 e. The minimum Gasteiger partial charge on any atom is -0.387 e. The highest BCUT2D eigenvalue weighted by Crippen LogP contribution is 2.16. The molecule has 1 aliphatic heterocycles. The van der Waals surface area contributed by atoms with Gasteiger partial charge in [-0.25, -0.2) is 0 Å². The number of amides is 2. The number of nitrogens with zero attached hydrogens (tertiary/aromatic N) is 2. The van der Waals surface area contributed by atoms with Crippen LogP contribution >= 0.6 is 0 Å². The Balaban J connectivity index is 1.70. The fraction of sp³-hybridized carbons (Fsp3) is 0.333. The number of rotatable bonds is 2. The van der Waals surface area contributed by atoms with Crippen molar-refractivity contribution in [3.05, 3.63) is 36.0 Å². The van der Waals surface area contributed by atoms with Gasteiger partial charge in [-0.15, -0.1) is 0 Å². The number of benzene rings is 1. The quantitative estimate of drug-likeness (QED) is 0.841. The molecule has 3 rings (SSSR count). The number of carbonyl (C=O) groups is 2. The Labute approximate surface area is 122 Å². The van der Waals surface area contributed by atoms with Gasteiger partial charge in [-0.2, -0.15) is 0 Å². The van der Waals surface area contributed by atoms with Crippen LogP contribution in [0.2, 0.25) is 0 Å². The Morgan fingerprint density at radius 2 is 1.81 bits per heavy atom. The highest BCUT2D eigenvalue weighted by Gasteiger charge is 2.24. The van der Waals surface area contributed by atoms with Crippen LogP contribution in [-0.2, 0) is 4.79 Å². The lowest BCUT2D eigenvalue weighted by Gasteiger charge is -2.34. The van der Waals surface area contributed by atoms with E-state index in [4.69, 9.17) is 5.11 Å². The van der Waals surface area contributed by atoms with Gasteiger partial charge in [0.1, 0.15) is 6.61 Å². The van der Waals surface area contributed by atoms with Crippen LogP contribution in [0.4, 0.5) is 0 Å². The zero-order valence-electron chi connectivity index (χ0n) is 11.6. The number of piperazine rings is 1. The average molecular weight is 287 g/mol. The molecule has 1 aromatic carbocycles. The molecule has 110 valence electrons. The van der Waals surface area contributed by atoms with Crippen molar-refractivity contribution in [2.75, 3.05) is 32.8 Å². The maximum atomic E-state index is 12.5. The predicted molar refractivity (Wildman–Crippen MR) is 77.9 cm³/mol. The van der Waals surface area contributed by atoms with Crippen LogP contribution in [-0.4, -0.2) is 64.5 Å². The number of H-pyrrole nitrogens is 1. The van der Waals surface area contributed by atoms with E-state index in [1.54, 1.807) is 9.80 Å². The molecule has 21 heavy (non-hydrogen) atoms. The van der Waals surface area contributed by atoms with Crippen LogP contribution in [0.1, 0.15) is 10.4 Å². The van der Waals surface area contributed by atoms with E-state index >= 15 is 0 Å². The zero-order chi connectivity index (χ0) is 14.8. The molecule has 1 aliphatic rings. The summed E-state index contributed by atoms with van der Waals surface area (Å²) in [5, 5.41) is 9.85. The van der Waals surface area contributed by atoms with E-state index in [9.17, 15) is 9.59 Å². The number of hydrogen-bond acceptors (Lipinski definition) is 3. The summed E-state index contributed by atoms with van der Waals surface area (Å²) in [4.78, 5) is 30.3. The lowest BCUT2D eigenvalue weighted by atomic mass is 10.1. The number of carbonyl (C=O) groups excluding carboxylic acids is 2. The summed E-state index contributed by atoms with van der Waals surface area (Å²) in [7, 11) is 0. The maximum absolute atomic E-state index is 12.5. The van der Waals surface area contributed by atoms with Crippen LogP contribution in [0.15, 0.2) is 30.5 Å². The van der Waals surface area contributed by atoms with E-state index in [2.05, 4.69) is 4.98 Å². The predicted octanol–water partition coefficient (Wildman–Crippen LogP) is 0.445. The van der Waals surface area contributed by atoms with Crippen LogP contribution in [0, 0.1) is 0 Å². The van der Waals surface area contributed by atoms with Crippen molar-refractivity contribution >= 4 is 22.7 Å². The highest BCUT2D eigenvalue weighted by molar-refractivity contribution is 5.98. The summed E-state index contributed by atoms with van der Waals surface area (Å²) in [5.74, 6) is -0.301. The average Bonchev–Trinajstić information content (AvgIpc) is 3.01. The molecule has 6 nitrogen and oxygen atoms in total. The number of nitrogens with one attached hydrogen (secondary N) is 1. The monoisotopic (exact) mass is 287 g/mol. The third-order valence-electron chi connectivity index (χ3n) is 3.86. The third-order valence-corrected chi connectivity index (χ3v) is 3.86. The van der Waals surface area contributed by atoms with E-state index in [0.717, 1.165) is 10.9 Å². The van der Waals surface area contributed by atoms with Crippen molar-refractivity contribution in [1.29, 1.82) is 0 Å². The van der Waals surface area contributed by atoms with Crippen molar-refractivity contribution in [3.63, 3.8) is 0 Å². The minimum atomic E-state index is -0.474. The first-order valence-corrected chi connectivity index (χ1v) is 6.94. The SMILES string of the molecule is O=C(CO)N1CCN(C(=O)c2ccc3[nH]ccc3c2)CC1. The molecule has 2 heterocycles. The van der Waals surface area contributed by atoms with Gasteiger partial charge in [-0.05, 0) is 24.3 Å². The molecular formula is C15H17N3O3. The molecular weight excluding hydrogens is 270 g/mol. The summed E-state index contributed by atoms with van der Waals surface area (Å²) < 4.78 is 0. The topological polar surface area (TPSA) is 76.6 Å². The Morgan fingerprint density at radius 3 is 2.52 bits per heavy atom. The van der Waals surface area contributed by atoms with Crippen molar-refractivity contribution in [3.8, 4) is 0 Å². The van der Waals surface area contributed by atoms with Crippen molar-refractivity contribution in [2.45, 2.75) is 0 Å². The number of hydrogen-bond donors (Lipinski definition) is 2. The number of aromatic nitrogens is 1. The summed E-state index contributed by atoms with van der Waals surface area (Å²) in [6.07, 6.45) is 1.85. The molecule has 2 amide bonds. The molecule has 1 saturated heterocycles. The lowest BCUT2D eigenvalue weighted by Crippen LogP contribution is -2.51. The van der Waals surface area contributed by atoms with E-state index in [-0.39, 0.29) is 11.8 Å². The van der Waals surface area contributed by atoms with Gasteiger partial charge in [-0.1, -0.05) is 0 Å². The van der Waals surface area contributed by atoms with E-state index < -0.39 is 6.61 Å². The summed E-state index contributed by atoms with van der Waals surface area (Å²) >= 11 is 0. The van der Waals surface area contributed by atoms with Gasteiger partial charge < -0.3 is 19.9 Å². The zero-order valence-corrected chi connectivity index (χ0v) is 11.6. The van der Waals surface area contributed by atoms with Gasteiger partial charge in [0.15, 0.2) is 0 Å². The Bertz CT molecular complexity index is 672. The standard InChI is InChI=1S/C15H17N3O3/c19-10-14(20)17-5-7-18(8-6-17)15(21)12-1-2-13-11(9-12)3-4-16-13/h1-4,9,16,19H,5-8,10H2. The fourth-order valence-electron chi connectivity index (χ4n) is 2.63. The molecule has 2 aromatic rings. The van der Waals surface area contributed by atoms with E-state index in [0.29, 0.717) is 31.7 Å². The molecule has 0 bridgehead atoms. The van der Waals surface area contributed by atoms with E-state index in [1.165, 1.54) is 0 Å². The third kappa shape index (κ3) is 2.62. The fourth-order valence-corrected chi connectivity index (χ4v) is 2.63. The van der Waals surface area contributed by atoms with Crippen LogP contribution in [0.25, 0.3) is 10.9 Å². The van der Waals surface area contributed by atoms with Gasteiger partial charge in [0.25, 0.3) is 5.91 Å². The number of aliphatic hydroxyl groups excluding tert-OH is 1. The molecule has 0 atom stereocenters. The Morgan fingerprint density at radius 1 is 1.10 bits per heavy atom. The Hall–Kier alpha value is -2.34. The van der Waals surface area contributed by atoms with Gasteiger partial charge in [0.05, 0.1) is 0 Å². The first-order chi connectivity index (χ1) is 10.2. The van der Waals surface area contributed by atoms with Crippen LogP contribution < -0.4 is 0 Å². The van der Waals surface area contributed by atoms with Gasteiger partial charge in [0, 0.05) is 48.8 Å². The second-order valence-electron chi connectivity index (χ2n) is 5.11. The van der Waals surface area contributed by atoms with Crippen molar-refractivity contribution < 1.29 is 14.7 Å².